The lowest BCUT2D eigenvalue weighted by atomic mass is 10.6. The van der Waals surface area contributed by atoms with Gasteiger partial charge in [0, 0.05) is 0 Å². The number of alkyl halides is 2. The molecule has 0 aliphatic rings. The van der Waals surface area contributed by atoms with Crippen molar-refractivity contribution in [2.45, 2.75) is 3.23 Å². The third-order valence-corrected chi connectivity index (χ3v) is 0. The summed E-state index contributed by atoms with van der Waals surface area (Å²) < 4.78 is -0.375. The Morgan fingerprint density at radius 2 is 1.20 bits per heavy atom. The van der Waals surface area contributed by atoms with Gasteiger partial charge in [-0.3, -0.25) is 0 Å². The van der Waals surface area contributed by atoms with Crippen LogP contribution in [0.4, 0.5) is 0 Å². The van der Waals surface area contributed by atoms with Gasteiger partial charge in [0.05, 0.1) is 3.23 Å². The molecule has 0 spiro atoms. The molecule has 5 heavy (non-hydrogen) atoms. The molecule has 0 unspecified atom stereocenters. The zero-order valence-electron chi connectivity index (χ0n) is 2.67. The van der Waals surface area contributed by atoms with Crippen LogP contribution in [0.3, 0.4) is 0 Å². The van der Waals surface area contributed by atoms with Crippen LogP contribution in [0.25, 0.3) is 0 Å². The second-order valence-corrected chi connectivity index (χ2v) is 4.96. The van der Waals surface area contributed by atoms with Crippen LogP contribution in [0.5, 0.6) is 0 Å². The van der Waals surface area contributed by atoms with Gasteiger partial charge in [-0.15, -0.1) is 0 Å². The predicted molar refractivity (Wildman–Crippen MR) is 31.3 cm³/mol. The molecule has 2 radical (unpaired) electrons. The maximum absolute atomic E-state index is 3.49. The van der Waals surface area contributed by atoms with Crippen LogP contribution >= 0.6 is 31.9 Å². The monoisotopic (exact) mass is 198 g/mol. The predicted octanol–water partition coefficient (Wildman–Crippen LogP) is 2.14. The zero-order valence-corrected chi connectivity index (χ0v) is 5.84. The van der Waals surface area contributed by atoms with Gasteiger partial charge in [0.15, 0.2) is 0 Å². The van der Waals surface area contributed by atoms with E-state index in [9.17, 15) is 0 Å². The average Bonchev–Trinajstić information content (AvgIpc) is 0.722. The fourth-order valence-corrected chi connectivity index (χ4v) is 0. The molecule has 0 aromatic carbocycles. The highest BCUT2D eigenvalue weighted by molar-refractivity contribution is 9.25. The summed E-state index contributed by atoms with van der Waals surface area (Å²) in [6.07, 6.45) is 0. The Kier molecular flexibility index (Phi) is 1.91. The molecule has 0 aromatic heterocycles. The first-order valence-electron chi connectivity index (χ1n) is 1.09. The summed E-state index contributed by atoms with van der Waals surface area (Å²) in [7, 11) is 0. The summed E-state index contributed by atoms with van der Waals surface area (Å²) in [5.74, 6) is 0. The van der Waals surface area contributed by atoms with Crippen molar-refractivity contribution in [2.24, 2.45) is 0 Å². The number of hydrogen-bond acceptors (Lipinski definition) is 0. The number of rotatable bonds is 0. The Labute approximate surface area is 49.2 Å². The van der Waals surface area contributed by atoms with E-state index in [1.165, 1.54) is 0 Å². The minimum Gasteiger partial charge on any atom is -0.0727 e. The van der Waals surface area contributed by atoms with Crippen molar-refractivity contribution in [3.05, 3.63) is 13.8 Å². The minimum atomic E-state index is -0.375. The van der Waals surface area contributed by atoms with Gasteiger partial charge in [-0.05, 0) is 13.8 Å². The van der Waals surface area contributed by atoms with E-state index in [0.29, 0.717) is 0 Å². The maximum atomic E-state index is 3.49. The van der Waals surface area contributed by atoms with Crippen LogP contribution in [0, 0.1) is 13.8 Å². The van der Waals surface area contributed by atoms with Crippen molar-refractivity contribution in [1.29, 1.82) is 0 Å². The molecule has 0 rings (SSSR count). The van der Waals surface area contributed by atoms with E-state index in [-0.39, 0.29) is 3.23 Å². The molecule has 0 nitrogen and oxygen atoms in total. The molecule has 2 heteroatoms. The average molecular weight is 200 g/mol. The van der Waals surface area contributed by atoms with Gasteiger partial charge in [-0.2, -0.15) is 0 Å². The van der Waals surface area contributed by atoms with Crippen LogP contribution in [-0.4, -0.2) is 3.23 Å². The first kappa shape index (κ1) is 5.96. The van der Waals surface area contributed by atoms with E-state index < -0.39 is 0 Å². The molecule has 30 valence electrons. The van der Waals surface area contributed by atoms with E-state index in [2.05, 4.69) is 45.7 Å². The summed E-state index contributed by atoms with van der Waals surface area (Å²) in [6, 6.07) is 0. The van der Waals surface area contributed by atoms with Gasteiger partial charge in [-0.25, -0.2) is 0 Å². The molecule has 0 heterocycles. The molecule has 0 N–H and O–H groups in total. The summed E-state index contributed by atoms with van der Waals surface area (Å²) in [6.45, 7) is 6.99. The lowest BCUT2D eigenvalue weighted by Gasteiger charge is -1.98. The molecule has 0 atom stereocenters. The molecule has 0 fully saturated rings. The van der Waals surface area contributed by atoms with Crippen molar-refractivity contribution < 1.29 is 0 Å². The largest absolute Gasteiger partial charge is 0.0807 e. The van der Waals surface area contributed by atoms with Crippen LogP contribution in [0.15, 0.2) is 0 Å². The lowest BCUT2D eigenvalue weighted by molar-refractivity contribution is 1.39. The van der Waals surface area contributed by atoms with E-state index in [1.54, 1.807) is 0 Å². The Bertz CT molecular complexity index is 20.4. The second kappa shape index (κ2) is 1.61. The fourth-order valence-electron chi connectivity index (χ4n) is 0. The Hall–Kier alpha value is 0.960. The van der Waals surface area contributed by atoms with Crippen molar-refractivity contribution >= 4 is 31.9 Å². The van der Waals surface area contributed by atoms with Crippen LogP contribution < -0.4 is 0 Å². The van der Waals surface area contributed by atoms with Gasteiger partial charge >= 0.3 is 0 Å². The molecule has 0 saturated carbocycles. The quantitative estimate of drug-likeness (QED) is 0.525. The maximum Gasteiger partial charge on any atom is 0.0807 e. The van der Waals surface area contributed by atoms with Crippen LogP contribution in [0.2, 0.25) is 0 Å². The van der Waals surface area contributed by atoms with E-state index >= 15 is 0 Å². The highest BCUT2D eigenvalue weighted by Gasteiger charge is 2.02. The smallest absolute Gasteiger partial charge is 0.0727 e. The third kappa shape index (κ3) is 47.2. The Morgan fingerprint density at radius 3 is 1.20 bits per heavy atom. The number of halogens is 2. The summed E-state index contributed by atoms with van der Waals surface area (Å²) in [5.41, 5.74) is 0. The molecule has 0 aliphatic carbocycles. The fraction of sp³-hybridized carbons (Fsp3) is 0.333. The lowest BCUT2D eigenvalue weighted by Crippen LogP contribution is -1.92. The first-order valence-corrected chi connectivity index (χ1v) is 2.67. The second-order valence-electron chi connectivity index (χ2n) is 0.856. The van der Waals surface area contributed by atoms with Crippen molar-refractivity contribution in [3.8, 4) is 0 Å². The Balaban J connectivity index is 3.02. The first-order chi connectivity index (χ1) is 2.00. The van der Waals surface area contributed by atoms with Crippen LogP contribution in [-0.2, 0) is 0 Å². The van der Waals surface area contributed by atoms with Crippen LogP contribution in [0.1, 0.15) is 0 Å². The van der Waals surface area contributed by atoms with Crippen molar-refractivity contribution in [1.82, 2.24) is 0 Å². The van der Waals surface area contributed by atoms with E-state index in [4.69, 9.17) is 0 Å². The third-order valence-electron chi connectivity index (χ3n) is 0. The molecular formula is C3H4Br2. The minimum absolute atomic E-state index is 0.375. The SMILES string of the molecule is [CH2]C([CH2])(Br)Br. The van der Waals surface area contributed by atoms with Gasteiger partial charge in [0.25, 0.3) is 0 Å². The van der Waals surface area contributed by atoms with E-state index in [0.717, 1.165) is 0 Å². The summed E-state index contributed by atoms with van der Waals surface area (Å²) in [5, 5.41) is 0. The zero-order chi connectivity index (χ0) is 4.50. The molecule has 0 saturated heterocycles. The van der Waals surface area contributed by atoms with Crippen molar-refractivity contribution in [3.63, 3.8) is 0 Å². The van der Waals surface area contributed by atoms with Gasteiger partial charge < -0.3 is 0 Å². The summed E-state index contributed by atoms with van der Waals surface area (Å²) in [4.78, 5) is 0. The molecule has 0 aliphatic heterocycles. The molecule has 0 amide bonds. The van der Waals surface area contributed by atoms with Crippen molar-refractivity contribution in [2.75, 3.05) is 0 Å². The summed E-state index contributed by atoms with van der Waals surface area (Å²) >= 11 is 6.14. The molecule has 0 bridgehead atoms. The molecular weight excluding hydrogens is 196 g/mol. The topological polar surface area (TPSA) is 0 Å². The standard InChI is InChI=1S/C3H4Br2/c1-3(2,4)5/h1-2H2. The molecule has 0 aromatic rings. The highest BCUT2D eigenvalue weighted by atomic mass is 79.9. The number of hydrogen-bond donors (Lipinski definition) is 0. The van der Waals surface area contributed by atoms with Gasteiger partial charge in [-0.1, -0.05) is 31.9 Å². The van der Waals surface area contributed by atoms with E-state index in [1.807, 2.05) is 0 Å². The Morgan fingerprint density at radius 1 is 1.20 bits per heavy atom. The highest BCUT2D eigenvalue weighted by Crippen LogP contribution is 2.21. The van der Waals surface area contributed by atoms with Gasteiger partial charge in [0.2, 0.25) is 0 Å². The van der Waals surface area contributed by atoms with Gasteiger partial charge in [0.1, 0.15) is 0 Å². The normalized spacial score (nSPS) is 12.0.